The minimum absolute atomic E-state index is 0.244. The van der Waals surface area contributed by atoms with Crippen molar-refractivity contribution in [1.29, 1.82) is 5.26 Å². The first kappa shape index (κ1) is 15.5. The number of aliphatic hydroxyl groups excluding tert-OH is 1. The van der Waals surface area contributed by atoms with Crippen molar-refractivity contribution in [2.75, 3.05) is 6.61 Å². The molecule has 0 aliphatic carbocycles. The largest absolute Gasteiger partial charge is 0.494 e. The monoisotopic (exact) mass is 261 g/mol. The summed E-state index contributed by atoms with van der Waals surface area (Å²) in [4.78, 5) is 0. The number of unbranched alkanes of at least 4 members (excludes halogenated alkanes) is 1. The lowest BCUT2D eigenvalue weighted by atomic mass is 9.89. The van der Waals surface area contributed by atoms with Gasteiger partial charge in [-0.2, -0.15) is 5.26 Å². The highest BCUT2D eigenvalue weighted by molar-refractivity contribution is 5.29. The molecule has 1 aromatic rings. The molecule has 19 heavy (non-hydrogen) atoms. The van der Waals surface area contributed by atoms with Crippen LogP contribution >= 0.6 is 0 Å². The number of hydrogen-bond donors (Lipinski definition) is 1. The summed E-state index contributed by atoms with van der Waals surface area (Å²) < 4.78 is 5.65. The Labute approximate surface area is 115 Å². The number of benzene rings is 1. The van der Waals surface area contributed by atoms with Gasteiger partial charge < -0.3 is 9.84 Å². The number of hydrogen-bond acceptors (Lipinski definition) is 3. The summed E-state index contributed by atoms with van der Waals surface area (Å²) in [5.74, 6) is 0.790. The molecule has 3 nitrogen and oxygen atoms in total. The Bertz CT molecular complexity index is 433. The highest BCUT2D eigenvalue weighted by Crippen LogP contribution is 2.22. The molecule has 0 amide bonds. The lowest BCUT2D eigenvalue weighted by molar-refractivity contribution is 0.198. The van der Waals surface area contributed by atoms with Crippen LogP contribution in [0.1, 0.15) is 51.7 Å². The third-order valence-electron chi connectivity index (χ3n) is 3.11. The van der Waals surface area contributed by atoms with E-state index < -0.39 is 6.10 Å². The fourth-order valence-electron chi connectivity index (χ4n) is 1.78. The van der Waals surface area contributed by atoms with Crippen molar-refractivity contribution in [3.05, 3.63) is 29.8 Å². The van der Waals surface area contributed by atoms with Gasteiger partial charge in [0, 0.05) is 0 Å². The average Bonchev–Trinajstić information content (AvgIpc) is 2.38. The maximum atomic E-state index is 9.49. The van der Waals surface area contributed by atoms with Crippen molar-refractivity contribution in [1.82, 2.24) is 0 Å². The standard InChI is InChI=1S/C16H23NO2/c1-13(18)14-7-6-8-15(11-14)19-10-5-4-9-16(2,3)12-17/h6-8,11,13,18H,4-5,9-10H2,1-3H3/t13-/m1/s1. The zero-order chi connectivity index (χ0) is 14.3. The Hall–Kier alpha value is -1.53. The van der Waals surface area contributed by atoms with E-state index in [-0.39, 0.29) is 5.41 Å². The molecule has 1 atom stereocenters. The van der Waals surface area contributed by atoms with Gasteiger partial charge in [-0.15, -0.1) is 0 Å². The molecular weight excluding hydrogens is 238 g/mol. The molecule has 104 valence electrons. The van der Waals surface area contributed by atoms with Gasteiger partial charge >= 0.3 is 0 Å². The second kappa shape index (κ2) is 7.16. The lowest BCUT2D eigenvalue weighted by Crippen LogP contribution is -2.08. The van der Waals surface area contributed by atoms with Crippen molar-refractivity contribution < 1.29 is 9.84 Å². The van der Waals surface area contributed by atoms with Crippen LogP contribution in [-0.4, -0.2) is 11.7 Å². The third kappa shape index (κ3) is 5.76. The highest BCUT2D eigenvalue weighted by atomic mass is 16.5. The molecular formula is C16H23NO2. The summed E-state index contributed by atoms with van der Waals surface area (Å²) >= 11 is 0. The predicted molar refractivity (Wildman–Crippen MR) is 75.8 cm³/mol. The average molecular weight is 261 g/mol. The minimum atomic E-state index is -0.472. The van der Waals surface area contributed by atoms with Crippen LogP contribution in [0.4, 0.5) is 0 Å². The number of nitrogens with zero attached hydrogens (tertiary/aromatic N) is 1. The van der Waals surface area contributed by atoms with E-state index in [9.17, 15) is 5.11 Å². The molecule has 0 saturated heterocycles. The zero-order valence-corrected chi connectivity index (χ0v) is 12.0. The van der Waals surface area contributed by atoms with Crippen molar-refractivity contribution >= 4 is 0 Å². The van der Waals surface area contributed by atoms with E-state index in [0.717, 1.165) is 30.6 Å². The Morgan fingerprint density at radius 3 is 2.74 bits per heavy atom. The molecule has 1 N–H and O–H groups in total. The van der Waals surface area contributed by atoms with Gasteiger partial charge in [-0.05, 0) is 57.7 Å². The van der Waals surface area contributed by atoms with Crippen LogP contribution in [0.2, 0.25) is 0 Å². The smallest absolute Gasteiger partial charge is 0.119 e. The Balaban J connectivity index is 2.30. The van der Waals surface area contributed by atoms with Crippen molar-refractivity contribution in [2.24, 2.45) is 5.41 Å². The molecule has 0 radical (unpaired) electrons. The van der Waals surface area contributed by atoms with Crippen molar-refractivity contribution in [2.45, 2.75) is 46.1 Å². The first-order valence-corrected chi connectivity index (χ1v) is 6.77. The molecule has 0 aliphatic rings. The van der Waals surface area contributed by atoms with Gasteiger partial charge in [0.25, 0.3) is 0 Å². The molecule has 1 rings (SSSR count). The first-order chi connectivity index (χ1) is 8.94. The van der Waals surface area contributed by atoms with Gasteiger partial charge in [0.1, 0.15) is 5.75 Å². The predicted octanol–water partition coefficient (Wildman–Crippen LogP) is 3.84. The maximum absolute atomic E-state index is 9.49. The van der Waals surface area contributed by atoms with Gasteiger partial charge in [-0.3, -0.25) is 0 Å². The molecule has 3 heteroatoms. The van der Waals surface area contributed by atoms with E-state index in [1.165, 1.54) is 0 Å². The Morgan fingerprint density at radius 2 is 2.11 bits per heavy atom. The van der Waals surface area contributed by atoms with Gasteiger partial charge in [0.15, 0.2) is 0 Å². The molecule has 0 aliphatic heterocycles. The molecule has 0 aromatic heterocycles. The maximum Gasteiger partial charge on any atom is 0.119 e. The highest BCUT2D eigenvalue weighted by Gasteiger charge is 2.15. The van der Waals surface area contributed by atoms with Crippen LogP contribution in [0.5, 0.6) is 5.75 Å². The number of nitriles is 1. The second-order valence-corrected chi connectivity index (χ2v) is 5.55. The second-order valence-electron chi connectivity index (χ2n) is 5.55. The fraction of sp³-hybridized carbons (Fsp3) is 0.562. The van der Waals surface area contributed by atoms with Crippen molar-refractivity contribution in [3.8, 4) is 11.8 Å². The summed E-state index contributed by atoms with van der Waals surface area (Å²) in [6.07, 6.45) is 2.33. The molecule has 0 heterocycles. The van der Waals surface area contributed by atoms with Crippen LogP contribution in [0, 0.1) is 16.7 Å². The van der Waals surface area contributed by atoms with E-state index >= 15 is 0 Å². The normalized spacial score (nSPS) is 12.8. The van der Waals surface area contributed by atoms with Crippen LogP contribution in [0.25, 0.3) is 0 Å². The van der Waals surface area contributed by atoms with Gasteiger partial charge in [-0.1, -0.05) is 12.1 Å². The van der Waals surface area contributed by atoms with Crippen LogP contribution < -0.4 is 4.74 Å². The van der Waals surface area contributed by atoms with Crippen LogP contribution in [0.3, 0.4) is 0 Å². The number of rotatable bonds is 7. The Morgan fingerprint density at radius 1 is 1.37 bits per heavy atom. The Kier molecular flexibility index (Phi) is 5.85. The van der Waals surface area contributed by atoms with E-state index in [4.69, 9.17) is 10.00 Å². The summed E-state index contributed by atoms with van der Waals surface area (Å²) in [6, 6.07) is 9.83. The van der Waals surface area contributed by atoms with Crippen LogP contribution in [-0.2, 0) is 0 Å². The minimum Gasteiger partial charge on any atom is -0.494 e. The molecule has 0 bridgehead atoms. The van der Waals surface area contributed by atoms with Crippen LogP contribution in [0.15, 0.2) is 24.3 Å². The van der Waals surface area contributed by atoms with Gasteiger partial charge in [-0.25, -0.2) is 0 Å². The lowest BCUT2D eigenvalue weighted by Gasteiger charge is -2.14. The van der Waals surface area contributed by atoms with E-state index in [1.807, 2.05) is 38.1 Å². The summed E-state index contributed by atoms with van der Waals surface area (Å²) in [6.45, 7) is 6.30. The van der Waals surface area contributed by atoms with E-state index in [1.54, 1.807) is 6.92 Å². The van der Waals surface area contributed by atoms with Gasteiger partial charge in [0.2, 0.25) is 0 Å². The van der Waals surface area contributed by atoms with Crippen molar-refractivity contribution in [3.63, 3.8) is 0 Å². The van der Waals surface area contributed by atoms with Gasteiger partial charge in [0.05, 0.1) is 24.2 Å². The summed E-state index contributed by atoms with van der Waals surface area (Å²) in [5, 5.41) is 18.4. The number of aliphatic hydroxyl groups is 1. The third-order valence-corrected chi connectivity index (χ3v) is 3.11. The SMILES string of the molecule is C[C@@H](O)c1cccc(OCCCCC(C)(C)C#N)c1. The zero-order valence-electron chi connectivity index (χ0n) is 12.0. The molecule has 0 fully saturated rings. The quantitative estimate of drug-likeness (QED) is 0.759. The molecule has 0 unspecified atom stereocenters. The fourth-order valence-corrected chi connectivity index (χ4v) is 1.78. The number of ether oxygens (including phenoxy) is 1. The topological polar surface area (TPSA) is 53.2 Å². The summed E-state index contributed by atoms with van der Waals surface area (Å²) in [7, 11) is 0. The molecule has 0 spiro atoms. The molecule has 0 saturated carbocycles. The van der Waals surface area contributed by atoms with E-state index in [0.29, 0.717) is 6.61 Å². The molecule has 1 aromatic carbocycles. The summed E-state index contributed by atoms with van der Waals surface area (Å²) in [5.41, 5.74) is 0.620. The first-order valence-electron chi connectivity index (χ1n) is 6.77. The van der Waals surface area contributed by atoms with E-state index in [2.05, 4.69) is 6.07 Å².